The molecule has 1 aromatic rings. The van der Waals surface area contributed by atoms with E-state index in [1.807, 2.05) is 13.8 Å². The number of para-hydroxylation sites is 1. The number of urea groups is 1. The average molecular weight is 289 g/mol. The Morgan fingerprint density at radius 2 is 2.21 bits per heavy atom. The van der Waals surface area contributed by atoms with E-state index < -0.39 is 11.8 Å². The van der Waals surface area contributed by atoms with Gasteiger partial charge in [-0.25, -0.2) is 9.18 Å². The van der Waals surface area contributed by atoms with Crippen molar-refractivity contribution < 1.29 is 13.9 Å². The van der Waals surface area contributed by atoms with Gasteiger partial charge in [0.15, 0.2) is 0 Å². The molecular weight excluding hydrogens is 271 g/mol. The van der Waals surface area contributed by atoms with Gasteiger partial charge in [0.1, 0.15) is 5.82 Å². The van der Waals surface area contributed by atoms with Gasteiger partial charge in [0.2, 0.25) is 0 Å². The lowest BCUT2D eigenvalue weighted by atomic mass is 10.3. The zero-order valence-electron chi connectivity index (χ0n) is 11.0. The average Bonchev–Trinajstić information content (AvgIpc) is 2.33. The number of carbonyl (C=O) groups excluding carboxylic acids is 1. The summed E-state index contributed by atoms with van der Waals surface area (Å²) in [5.74, 6) is -0.564. The maximum atomic E-state index is 13.4. The van der Waals surface area contributed by atoms with Gasteiger partial charge in [-0.2, -0.15) is 0 Å². The highest BCUT2D eigenvalue weighted by Crippen LogP contribution is 2.24. The Morgan fingerprint density at radius 1 is 1.47 bits per heavy atom. The summed E-state index contributed by atoms with van der Waals surface area (Å²) in [7, 11) is 0. The second-order valence-electron chi connectivity index (χ2n) is 4.25. The first-order valence-corrected chi connectivity index (χ1v) is 6.49. The number of hydrogen-bond donors (Lipinski definition) is 2. The maximum absolute atomic E-state index is 13.4. The van der Waals surface area contributed by atoms with E-state index in [4.69, 9.17) is 16.3 Å². The van der Waals surface area contributed by atoms with E-state index in [9.17, 15) is 9.18 Å². The fraction of sp³-hybridized carbons (Fsp3) is 0.462. The molecule has 106 valence electrons. The van der Waals surface area contributed by atoms with Gasteiger partial charge in [-0.15, -0.1) is 0 Å². The Bertz CT molecular complexity index is 407. The molecule has 4 nitrogen and oxygen atoms in total. The van der Waals surface area contributed by atoms with Gasteiger partial charge >= 0.3 is 6.03 Å². The van der Waals surface area contributed by atoms with E-state index in [1.165, 1.54) is 18.2 Å². The lowest BCUT2D eigenvalue weighted by Gasteiger charge is -2.10. The van der Waals surface area contributed by atoms with Gasteiger partial charge in [0.05, 0.1) is 16.8 Å². The topological polar surface area (TPSA) is 50.4 Å². The summed E-state index contributed by atoms with van der Waals surface area (Å²) in [6, 6.07) is 3.73. The summed E-state index contributed by atoms with van der Waals surface area (Å²) in [6.45, 7) is 4.91. The van der Waals surface area contributed by atoms with Crippen molar-refractivity contribution in [3.8, 4) is 0 Å². The molecule has 2 N–H and O–H groups in total. The maximum Gasteiger partial charge on any atom is 0.319 e. The van der Waals surface area contributed by atoms with Crippen molar-refractivity contribution >= 4 is 23.3 Å². The summed E-state index contributed by atoms with van der Waals surface area (Å²) < 4.78 is 18.7. The molecule has 0 aliphatic carbocycles. The first-order valence-electron chi connectivity index (χ1n) is 6.11. The van der Waals surface area contributed by atoms with Crippen molar-refractivity contribution in [2.75, 3.05) is 18.5 Å². The van der Waals surface area contributed by atoms with Crippen LogP contribution in [0.2, 0.25) is 5.02 Å². The van der Waals surface area contributed by atoms with Crippen LogP contribution in [-0.2, 0) is 4.74 Å². The van der Waals surface area contributed by atoms with E-state index in [0.29, 0.717) is 19.6 Å². The first-order chi connectivity index (χ1) is 9.00. The van der Waals surface area contributed by atoms with Crippen LogP contribution in [0.1, 0.15) is 20.3 Å². The number of halogens is 2. The number of ether oxygens (including phenoxy) is 1. The smallest absolute Gasteiger partial charge is 0.319 e. The minimum Gasteiger partial charge on any atom is -0.379 e. The number of nitrogens with one attached hydrogen (secondary N) is 2. The highest BCUT2D eigenvalue weighted by Gasteiger charge is 2.09. The van der Waals surface area contributed by atoms with Gasteiger partial charge in [-0.05, 0) is 32.4 Å². The van der Waals surface area contributed by atoms with Crippen molar-refractivity contribution in [1.82, 2.24) is 5.32 Å². The van der Waals surface area contributed by atoms with E-state index in [1.54, 1.807) is 0 Å². The monoisotopic (exact) mass is 288 g/mol. The van der Waals surface area contributed by atoms with E-state index in [-0.39, 0.29) is 16.8 Å². The van der Waals surface area contributed by atoms with Crippen molar-refractivity contribution in [3.05, 3.63) is 29.0 Å². The SMILES string of the molecule is CC(C)OCCCNC(=O)Nc1c(F)cccc1Cl. The number of amides is 2. The number of benzene rings is 1. The number of rotatable bonds is 6. The third-order valence-electron chi connectivity index (χ3n) is 2.26. The van der Waals surface area contributed by atoms with Crippen LogP contribution in [0.25, 0.3) is 0 Å². The molecule has 0 atom stereocenters. The van der Waals surface area contributed by atoms with Crippen LogP contribution in [0.3, 0.4) is 0 Å². The van der Waals surface area contributed by atoms with Gasteiger partial charge in [-0.1, -0.05) is 17.7 Å². The molecule has 19 heavy (non-hydrogen) atoms. The summed E-state index contributed by atoms with van der Waals surface area (Å²) >= 11 is 5.79. The molecule has 0 spiro atoms. The van der Waals surface area contributed by atoms with E-state index in [0.717, 1.165) is 0 Å². The Balaban J connectivity index is 2.32. The molecule has 0 unspecified atom stereocenters. The highest BCUT2D eigenvalue weighted by atomic mass is 35.5. The molecule has 2 amide bonds. The Hall–Kier alpha value is -1.33. The fourth-order valence-corrected chi connectivity index (χ4v) is 1.58. The molecule has 6 heteroatoms. The summed E-state index contributed by atoms with van der Waals surface area (Å²) in [6.07, 6.45) is 0.863. The molecule has 0 heterocycles. The fourth-order valence-electron chi connectivity index (χ4n) is 1.37. The third kappa shape index (κ3) is 5.89. The highest BCUT2D eigenvalue weighted by molar-refractivity contribution is 6.33. The number of anilines is 1. The minimum atomic E-state index is -0.564. The van der Waals surface area contributed by atoms with Gasteiger partial charge in [0.25, 0.3) is 0 Å². The molecule has 1 aromatic carbocycles. The van der Waals surface area contributed by atoms with Crippen LogP contribution in [-0.4, -0.2) is 25.3 Å². The van der Waals surface area contributed by atoms with Crippen molar-refractivity contribution in [2.24, 2.45) is 0 Å². The molecule has 1 rings (SSSR count). The second-order valence-corrected chi connectivity index (χ2v) is 4.66. The minimum absolute atomic E-state index is 0.0138. The molecule has 0 bridgehead atoms. The van der Waals surface area contributed by atoms with E-state index in [2.05, 4.69) is 10.6 Å². The largest absolute Gasteiger partial charge is 0.379 e. The molecule has 0 aromatic heterocycles. The lowest BCUT2D eigenvalue weighted by Crippen LogP contribution is -2.30. The molecule has 0 saturated heterocycles. The predicted molar refractivity (Wildman–Crippen MR) is 74.1 cm³/mol. The summed E-state index contributed by atoms with van der Waals surface area (Å²) in [4.78, 5) is 11.5. The summed E-state index contributed by atoms with van der Waals surface area (Å²) in [5, 5.41) is 5.15. The molecule has 0 aliphatic heterocycles. The van der Waals surface area contributed by atoms with Crippen molar-refractivity contribution in [3.63, 3.8) is 0 Å². The molecule has 0 saturated carbocycles. The van der Waals surface area contributed by atoms with Crippen LogP contribution < -0.4 is 10.6 Å². The van der Waals surface area contributed by atoms with Crippen molar-refractivity contribution in [1.29, 1.82) is 0 Å². The molecule has 0 aliphatic rings. The zero-order valence-corrected chi connectivity index (χ0v) is 11.8. The summed E-state index contributed by atoms with van der Waals surface area (Å²) in [5.41, 5.74) is -0.0138. The number of hydrogen-bond acceptors (Lipinski definition) is 2. The van der Waals surface area contributed by atoms with Crippen LogP contribution in [0, 0.1) is 5.82 Å². The second kappa shape index (κ2) is 7.96. The molecule has 0 radical (unpaired) electrons. The van der Waals surface area contributed by atoms with Gasteiger partial charge in [-0.3, -0.25) is 0 Å². The Kier molecular flexibility index (Phi) is 6.59. The standard InChI is InChI=1S/C13H18ClFN2O2/c1-9(2)19-8-4-7-16-13(18)17-12-10(14)5-3-6-11(12)15/h3,5-6,9H,4,7-8H2,1-2H3,(H2,16,17,18). The predicted octanol–water partition coefficient (Wildman–Crippen LogP) is 3.42. The van der Waals surface area contributed by atoms with Crippen LogP contribution in [0.4, 0.5) is 14.9 Å². The van der Waals surface area contributed by atoms with Crippen LogP contribution in [0.5, 0.6) is 0 Å². The Morgan fingerprint density at radius 3 is 2.84 bits per heavy atom. The van der Waals surface area contributed by atoms with Gasteiger partial charge in [0, 0.05) is 13.2 Å². The zero-order chi connectivity index (χ0) is 14.3. The lowest BCUT2D eigenvalue weighted by molar-refractivity contribution is 0.0775. The molecule has 0 fully saturated rings. The normalized spacial score (nSPS) is 10.6. The third-order valence-corrected chi connectivity index (χ3v) is 2.57. The van der Waals surface area contributed by atoms with Crippen LogP contribution >= 0.6 is 11.6 Å². The van der Waals surface area contributed by atoms with Crippen LogP contribution in [0.15, 0.2) is 18.2 Å². The van der Waals surface area contributed by atoms with E-state index >= 15 is 0 Å². The van der Waals surface area contributed by atoms with Crippen molar-refractivity contribution in [2.45, 2.75) is 26.4 Å². The Labute approximate surface area is 117 Å². The quantitative estimate of drug-likeness (QED) is 0.788. The first kappa shape index (κ1) is 15.7. The number of carbonyl (C=O) groups is 1. The molecular formula is C13H18ClFN2O2. The van der Waals surface area contributed by atoms with Gasteiger partial charge < -0.3 is 15.4 Å².